The second-order valence-electron chi connectivity index (χ2n) is 4.17. The Balaban J connectivity index is 4.06. The lowest BCUT2D eigenvalue weighted by atomic mass is 9.96. The predicted octanol–water partition coefficient (Wildman–Crippen LogP) is 2.28. The molecule has 0 aromatic heterocycles. The average Bonchev–Trinajstić information content (AvgIpc) is 2.32. The maximum Gasteiger partial charge on any atom is 0.383 e. The Kier molecular flexibility index (Phi) is 7.40. The number of rotatable bonds is 9. The van der Waals surface area contributed by atoms with Crippen molar-refractivity contribution >= 4 is 11.9 Å². The third kappa shape index (κ3) is 6.40. The van der Waals surface area contributed by atoms with Crippen molar-refractivity contribution in [2.45, 2.75) is 45.0 Å². The molecule has 112 valence electrons. The Hall–Kier alpha value is -1.34. The summed E-state index contributed by atoms with van der Waals surface area (Å²) in [4.78, 5) is 21.2. The summed E-state index contributed by atoms with van der Waals surface area (Å²) in [5, 5.41) is 10.2. The van der Waals surface area contributed by atoms with Crippen molar-refractivity contribution in [3.63, 3.8) is 0 Å². The minimum Gasteiger partial charge on any atom is -0.481 e. The van der Waals surface area contributed by atoms with Crippen LogP contribution in [0.3, 0.4) is 0 Å². The highest BCUT2D eigenvalue weighted by atomic mass is 19.3. The summed E-state index contributed by atoms with van der Waals surface area (Å²) >= 11 is 0. The fraction of sp³-hybridized carbons (Fsp3) is 0.818. The smallest absolute Gasteiger partial charge is 0.383 e. The third-order valence-corrected chi connectivity index (χ3v) is 2.76. The topological polar surface area (TPSA) is 66.4 Å². The SMILES string of the molecule is CCC(CCNC(=O)C(F)(F)C(F)F)CCC(=O)O. The van der Waals surface area contributed by atoms with E-state index in [1.54, 1.807) is 12.2 Å². The molecule has 8 heteroatoms. The molecule has 4 nitrogen and oxygen atoms in total. The molecule has 1 unspecified atom stereocenters. The first kappa shape index (κ1) is 17.7. The third-order valence-electron chi connectivity index (χ3n) is 2.76. The van der Waals surface area contributed by atoms with E-state index in [1.807, 2.05) is 0 Å². The van der Waals surface area contributed by atoms with Crippen LogP contribution in [0.4, 0.5) is 17.6 Å². The van der Waals surface area contributed by atoms with Gasteiger partial charge in [-0.25, -0.2) is 8.78 Å². The molecule has 0 saturated carbocycles. The van der Waals surface area contributed by atoms with Crippen molar-refractivity contribution < 1.29 is 32.3 Å². The summed E-state index contributed by atoms with van der Waals surface area (Å²) in [7, 11) is 0. The van der Waals surface area contributed by atoms with Crippen LogP contribution in [0, 0.1) is 5.92 Å². The standard InChI is InChI=1S/C11H17F4NO3/c1-2-7(3-4-8(17)18)5-6-16-10(19)11(14,15)9(12)13/h7,9H,2-6H2,1H3,(H,16,19)(H,17,18). The lowest BCUT2D eigenvalue weighted by Crippen LogP contribution is -2.45. The number of halogens is 4. The molecule has 2 N–H and O–H groups in total. The van der Waals surface area contributed by atoms with Gasteiger partial charge in [-0.3, -0.25) is 9.59 Å². The Morgan fingerprint density at radius 3 is 2.26 bits per heavy atom. The fourth-order valence-electron chi connectivity index (χ4n) is 1.49. The molecule has 0 saturated heterocycles. The van der Waals surface area contributed by atoms with Crippen LogP contribution in [-0.2, 0) is 9.59 Å². The van der Waals surface area contributed by atoms with Crippen LogP contribution in [-0.4, -0.2) is 35.9 Å². The highest BCUT2D eigenvalue weighted by Crippen LogP contribution is 2.23. The summed E-state index contributed by atoms with van der Waals surface area (Å²) in [5.41, 5.74) is 0. The quantitative estimate of drug-likeness (QED) is 0.639. The van der Waals surface area contributed by atoms with Gasteiger partial charge in [0.2, 0.25) is 0 Å². The number of carboxylic acid groups (broad SMARTS) is 1. The van der Waals surface area contributed by atoms with Crippen LogP contribution in [0.1, 0.15) is 32.6 Å². The number of carboxylic acids is 1. The first-order valence-electron chi connectivity index (χ1n) is 5.87. The minimum atomic E-state index is -4.69. The van der Waals surface area contributed by atoms with Gasteiger partial charge in [-0.05, 0) is 18.8 Å². The zero-order valence-electron chi connectivity index (χ0n) is 10.5. The molecule has 1 amide bonds. The molecule has 1 atom stereocenters. The van der Waals surface area contributed by atoms with E-state index in [1.165, 1.54) is 0 Å². The van der Waals surface area contributed by atoms with Crippen LogP contribution in [0.2, 0.25) is 0 Å². The van der Waals surface area contributed by atoms with Crippen molar-refractivity contribution in [3.8, 4) is 0 Å². The van der Waals surface area contributed by atoms with E-state index in [9.17, 15) is 27.2 Å². The van der Waals surface area contributed by atoms with Gasteiger partial charge in [0.1, 0.15) is 0 Å². The monoisotopic (exact) mass is 287 g/mol. The number of nitrogens with one attached hydrogen (secondary N) is 1. The number of aliphatic carboxylic acids is 1. The van der Waals surface area contributed by atoms with Gasteiger partial charge in [-0.2, -0.15) is 8.78 Å². The number of carbonyl (C=O) groups excluding carboxylic acids is 1. The number of hydrogen-bond acceptors (Lipinski definition) is 2. The van der Waals surface area contributed by atoms with E-state index < -0.39 is 24.2 Å². The molecule has 0 spiro atoms. The zero-order chi connectivity index (χ0) is 15.1. The van der Waals surface area contributed by atoms with Gasteiger partial charge < -0.3 is 10.4 Å². The molecule has 19 heavy (non-hydrogen) atoms. The van der Waals surface area contributed by atoms with Crippen LogP contribution in [0.25, 0.3) is 0 Å². The minimum absolute atomic E-state index is 0.0559. The van der Waals surface area contributed by atoms with Crippen LogP contribution >= 0.6 is 0 Å². The number of carbonyl (C=O) groups is 2. The number of alkyl halides is 4. The highest BCUT2D eigenvalue weighted by molar-refractivity contribution is 5.83. The van der Waals surface area contributed by atoms with E-state index in [-0.39, 0.29) is 25.3 Å². The van der Waals surface area contributed by atoms with E-state index in [2.05, 4.69) is 0 Å². The maximum absolute atomic E-state index is 12.6. The van der Waals surface area contributed by atoms with Gasteiger partial charge in [0, 0.05) is 13.0 Å². The largest absolute Gasteiger partial charge is 0.481 e. The first-order valence-corrected chi connectivity index (χ1v) is 5.87. The van der Waals surface area contributed by atoms with Gasteiger partial charge in [-0.1, -0.05) is 13.3 Å². The zero-order valence-corrected chi connectivity index (χ0v) is 10.5. The molecule has 0 fully saturated rings. The van der Waals surface area contributed by atoms with Gasteiger partial charge in [-0.15, -0.1) is 0 Å². The Labute approximate surface area is 108 Å². The Morgan fingerprint density at radius 1 is 1.26 bits per heavy atom. The molecule has 0 rings (SSSR count). The van der Waals surface area contributed by atoms with Gasteiger partial charge in [0.15, 0.2) is 0 Å². The summed E-state index contributed by atoms with van der Waals surface area (Å²) < 4.78 is 48.8. The average molecular weight is 287 g/mol. The van der Waals surface area contributed by atoms with E-state index in [4.69, 9.17) is 5.11 Å². The summed E-state index contributed by atoms with van der Waals surface area (Å²) in [6.07, 6.45) is -2.85. The molecule has 0 aromatic rings. The second-order valence-corrected chi connectivity index (χ2v) is 4.17. The van der Waals surface area contributed by atoms with Crippen LogP contribution in [0.15, 0.2) is 0 Å². The highest BCUT2D eigenvalue weighted by Gasteiger charge is 2.48. The normalized spacial score (nSPS) is 13.4. The van der Waals surface area contributed by atoms with Gasteiger partial charge in [0.05, 0.1) is 0 Å². The lowest BCUT2D eigenvalue weighted by Gasteiger charge is -2.17. The van der Waals surface area contributed by atoms with Crippen molar-refractivity contribution in [2.24, 2.45) is 5.92 Å². The van der Waals surface area contributed by atoms with Crippen molar-refractivity contribution in [2.75, 3.05) is 6.54 Å². The number of amides is 1. The second kappa shape index (κ2) is 7.96. The first-order chi connectivity index (χ1) is 8.71. The molecule has 0 heterocycles. The van der Waals surface area contributed by atoms with E-state index >= 15 is 0 Å². The molecule has 0 aliphatic heterocycles. The van der Waals surface area contributed by atoms with E-state index in [0.29, 0.717) is 12.8 Å². The van der Waals surface area contributed by atoms with Crippen LogP contribution < -0.4 is 5.32 Å². The molecular formula is C11H17F4NO3. The fourth-order valence-corrected chi connectivity index (χ4v) is 1.49. The summed E-state index contributed by atoms with van der Waals surface area (Å²) in [5.74, 6) is -7.72. The predicted molar refractivity (Wildman–Crippen MR) is 59.2 cm³/mol. The molecule has 0 bridgehead atoms. The molecule has 0 aliphatic carbocycles. The molecular weight excluding hydrogens is 270 g/mol. The van der Waals surface area contributed by atoms with Crippen molar-refractivity contribution in [1.82, 2.24) is 5.32 Å². The van der Waals surface area contributed by atoms with Crippen LogP contribution in [0.5, 0.6) is 0 Å². The van der Waals surface area contributed by atoms with Gasteiger partial charge in [0.25, 0.3) is 5.91 Å². The van der Waals surface area contributed by atoms with Crippen molar-refractivity contribution in [1.29, 1.82) is 0 Å². The Morgan fingerprint density at radius 2 is 1.84 bits per heavy atom. The lowest BCUT2D eigenvalue weighted by molar-refractivity contribution is -0.169. The number of hydrogen-bond donors (Lipinski definition) is 2. The molecule has 0 radical (unpaired) electrons. The molecule has 0 aromatic carbocycles. The summed E-state index contributed by atoms with van der Waals surface area (Å²) in [6, 6.07) is 0. The Bertz CT molecular complexity index is 310. The van der Waals surface area contributed by atoms with E-state index in [0.717, 1.165) is 0 Å². The summed E-state index contributed by atoms with van der Waals surface area (Å²) in [6.45, 7) is 1.61. The van der Waals surface area contributed by atoms with Gasteiger partial charge >= 0.3 is 18.3 Å². The van der Waals surface area contributed by atoms with Crippen molar-refractivity contribution in [3.05, 3.63) is 0 Å². The molecule has 0 aliphatic rings. The maximum atomic E-state index is 12.6.